The van der Waals surface area contributed by atoms with Crippen LogP contribution in [0.5, 0.6) is 0 Å². The number of hydrogen-bond donors (Lipinski definition) is 1. The third-order valence-corrected chi connectivity index (χ3v) is 3.51. The van der Waals surface area contributed by atoms with Crippen molar-refractivity contribution >= 4 is 22.5 Å². The third kappa shape index (κ3) is 2.26. The zero-order valence-electron chi connectivity index (χ0n) is 12.3. The molecule has 2 heterocycles. The summed E-state index contributed by atoms with van der Waals surface area (Å²) < 4.78 is 1.61. The Labute approximate surface area is 122 Å². The zero-order chi connectivity index (χ0) is 14.8. The quantitative estimate of drug-likeness (QED) is 0.780. The monoisotopic (exact) mass is 285 g/mol. The summed E-state index contributed by atoms with van der Waals surface area (Å²) >= 11 is 0. The van der Waals surface area contributed by atoms with Gasteiger partial charge in [-0.05, 0) is 25.0 Å². The van der Waals surface area contributed by atoms with E-state index in [0.717, 1.165) is 42.8 Å². The maximum Gasteiger partial charge on any atom is 0.348 e. The van der Waals surface area contributed by atoms with Crippen LogP contribution in [-0.4, -0.2) is 32.7 Å². The van der Waals surface area contributed by atoms with Gasteiger partial charge in [-0.15, -0.1) is 5.10 Å². The van der Waals surface area contributed by atoms with Gasteiger partial charge in [0.2, 0.25) is 5.65 Å². The lowest BCUT2D eigenvalue weighted by atomic mass is 10.3. The van der Waals surface area contributed by atoms with Crippen molar-refractivity contribution in [1.82, 2.24) is 19.6 Å². The topological polar surface area (TPSA) is 66.3 Å². The Hall–Kier alpha value is -2.37. The number of benzene rings is 1. The Bertz CT molecular complexity index is 814. The zero-order valence-corrected chi connectivity index (χ0v) is 12.3. The summed E-state index contributed by atoms with van der Waals surface area (Å²) in [5.74, 6) is 0.774. The summed E-state index contributed by atoms with van der Waals surface area (Å²) in [6, 6.07) is 7.65. The van der Waals surface area contributed by atoms with Crippen LogP contribution in [0.1, 0.15) is 26.7 Å². The first-order valence-corrected chi connectivity index (χ1v) is 7.37. The van der Waals surface area contributed by atoms with E-state index in [1.54, 1.807) is 4.40 Å². The highest BCUT2D eigenvalue weighted by Crippen LogP contribution is 2.22. The van der Waals surface area contributed by atoms with Crippen molar-refractivity contribution in [2.75, 3.05) is 18.0 Å². The Morgan fingerprint density at radius 1 is 1.19 bits per heavy atom. The number of fused-ring (bicyclic) bond motifs is 3. The first-order chi connectivity index (χ1) is 10.3. The fraction of sp³-hybridized carbons (Fsp3) is 0.400. The number of para-hydroxylation sites is 2. The summed E-state index contributed by atoms with van der Waals surface area (Å²) in [6.45, 7) is 6.07. The Kier molecular flexibility index (Phi) is 3.60. The average Bonchev–Trinajstić information content (AvgIpc) is 2.89. The van der Waals surface area contributed by atoms with Crippen molar-refractivity contribution in [3.63, 3.8) is 0 Å². The molecule has 21 heavy (non-hydrogen) atoms. The standard InChI is InChI=1S/C15H19N5O/c1-3-9-19(10-4-2)13-14-17-18-15(21)20(14)12-8-6-5-7-11(12)16-13/h5-8H,3-4,9-10H2,1-2H3,(H,18,21). The summed E-state index contributed by atoms with van der Waals surface area (Å²) in [6.07, 6.45) is 2.05. The predicted octanol–water partition coefficient (Wildman–Crippen LogP) is 2.20. The third-order valence-electron chi connectivity index (χ3n) is 3.51. The molecule has 0 bridgehead atoms. The van der Waals surface area contributed by atoms with Crippen LogP contribution in [0.3, 0.4) is 0 Å². The van der Waals surface area contributed by atoms with Gasteiger partial charge >= 0.3 is 5.69 Å². The van der Waals surface area contributed by atoms with E-state index in [4.69, 9.17) is 4.98 Å². The maximum atomic E-state index is 12.1. The number of nitrogens with one attached hydrogen (secondary N) is 1. The molecule has 2 aromatic heterocycles. The van der Waals surface area contributed by atoms with Gasteiger partial charge in [0, 0.05) is 13.1 Å². The Balaban J connectivity index is 2.32. The number of aromatic amines is 1. The molecule has 0 atom stereocenters. The number of hydrogen-bond acceptors (Lipinski definition) is 4. The van der Waals surface area contributed by atoms with Gasteiger partial charge in [0.25, 0.3) is 0 Å². The summed E-state index contributed by atoms with van der Waals surface area (Å²) in [5.41, 5.74) is 1.96. The highest BCUT2D eigenvalue weighted by atomic mass is 16.1. The van der Waals surface area contributed by atoms with Crippen molar-refractivity contribution in [2.45, 2.75) is 26.7 Å². The van der Waals surface area contributed by atoms with Crippen molar-refractivity contribution in [3.05, 3.63) is 34.7 Å². The first kappa shape index (κ1) is 13.6. The van der Waals surface area contributed by atoms with E-state index >= 15 is 0 Å². The minimum atomic E-state index is -0.224. The van der Waals surface area contributed by atoms with Crippen LogP contribution in [0.4, 0.5) is 5.82 Å². The molecule has 3 rings (SSSR count). The smallest absolute Gasteiger partial charge is 0.348 e. The van der Waals surface area contributed by atoms with E-state index in [1.165, 1.54) is 0 Å². The van der Waals surface area contributed by atoms with E-state index in [0.29, 0.717) is 5.65 Å². The number of anilines is 1. The highest BCUT2D eigenvalue weighted by molar-refractivity contribution is 5.82. The second-order valence-corrected chi connectivity index (χ2v) is 5.10. The average molecular weight is 285 g/mol. The fourth-order valence-corrected chi connectivity index (χ4v) is 2.66. The van der Waals surface area contributed by atoms with E-state index in [9.17, 15) is 4.79 Å². The minimum absolute atomic E-state index is 0.224. The lowest BCUT2D eigenvalue weighted by molar-refractivity contribution is 0.736. The predicted molar refractivity (Wildman–Crippen MR) is 83.9 cm³/mol. The first-order valence-electron chi connectivity index (χ1n) is 7.37. The van der Waals surface area contributed by atoms with Crippen molar-refractivity contribution in [2.24, 2.45) is 0 Å². The van der Waals surface area contributed by atoms with Crippen LogP contribution in [0.25, 0.3) is 16.7 Å². The van der Waals surface area contributed by atoms with Crippen LogP contribution in [0, 0.1) is 0 Å². The molecular formula is C15H19N5O. The number of aromatic nitrogens is 4. The van der Waals surface area contributed by atoms with Gasteiger partial charge in [0.15, 0.2) is 5.82 Å². The number of rotatable bonds is 5. The van der Waals surface area contributed by atoms with Crippen LogP contribution in [-0.2, 0) is 0 Å². The van der Waals surface area contributed by atoms with Crippen molar-refractivity contribution in [3.8, 4) is 0 Å². The molecule has 110 valence electrons. The van der Waals surface area contributed by atoms with Gasteiger partial charge in [-0.2, -0.15) is 0 Å². The fourth-order valence-electron chi connectivity index (χ4n) is 2.66. The van der Waals surface area contributed by atoms with Crippen LogP contribution < -0.4 is 10.6 Å². The normalized spacial score (nSPS) is 11.3. The molecule has 3 aromatic rings. The highest BCUT2D eigenvalue weighted by Gasteiger charge is 2.16. The van der Waals surface area contributed by atoms with E-state index < -0.39 is 0 Å². The number of H-pyrrole nitrogens is 1. The van der Waals surface area contributed by atoms with Crippen LogP contribution >= 0.6 is 0 Å². The molecule has 0 aliphatic carbocycles. The number of nitrogens with zero attached hydrogens (tertiary/aromatic N) is 4. The second-order valence-electron chi connectivity index (χ2n) is 5.10. The molecule has 0 fully saturated rings. The molecule has 6 heteroatoms. The van der Waals surface area contributed by atoms with Gasteiger partial charge in [-0.25, -0.2) is 19.3 Å². The Morgan fingerprint density at radius 3 is 2.62 bits per heavy atom. The second kappa shape index (κ2) is 5.55. The molecule has 0 radical (unpaired) electrons. The molecular weight excluding hydrogens is 266 g/mol. The van der Waals surface area contributed by atoms with Crippen molar-refractivity contribution < 1.29 is 0 Å². The largest absolute Gasteiger partial charge is 0.353 e. The van der Waals surface area contributed by atoms with Gasteiger partial charge < -0.3 is 4.90 Å². The lowest BCUT2D eigenvalue weighted by Crippen LogP contribution is -2.27. The lowest BCUT2D eigenvalue weighted by Gasteiger charge is -2.23. The van der Waals surface area contributed by atoms with Gasteiger partial charge in [-0.1, -0.05) is 26.0 Å². The molecule has 0 saturated heterocycles. The maximum absolute atomic E-state index is 12.1. The van der Waals surface area contributed by atoms with Gasteiger partial charge in [0.1, 0.15) is 0 Å². The molecule has 0 aliphatic rings. The molecule has 0 saturated carbocycles. The summed E-state index contributed by atoms with van der Waals surface area (Å²) in [7, 11) is 0. The SMILES string of the molecule is CCCN(CCC)c1nc2ccccc2n2c(=O)[nH]nc12. The van der Waals surface area contributed by atoms with Gasteiger partial charge in [0.05, 0.1) is 11.0 Å². The Morgan fingerprint density at radius 2 is 1.90 bits per heavy atom. The molecule has 6 nitrogen and oxygen atoms in total. The molecule has 0 unspecified atom stereocenters. The van der Waals surface area contributed by atoms with Crippen LogP contribution in [0.15, 0.2) is 29.1 Å². The van der Waals surface area contributed by atoms with Crippen LogP contribution in [0.2, 0.25) is 0 Å². The van der Waals surface area contributed by atoms with Gasteiger partial charge in [-0.3, -0.25) is 0 Å². The van der Waals surface area contributed by atoms with E-state index in [2.05, 4.69) is 28.9 Å². The molecule has 1 aromatic carbocycles. The van der Waals surface area contributed by atoms with E-state index in [-0.39, 0.29) is 5.69 Å². The molecule has 0 amide bonds. The molecule has 0 spiro atoms. The molecule has 0 aliphatic heterocycles. The van der Waals surface area contributed by atoms with E-state index in [1.807, 2.05) is 24.3 Å². The summed E-state index contributed by atoms with van der Waals surface area (Å²) in [4.78, 5) is 19.0. The minimum Gasteiger partial charge on any atom is -0.353 e. The summed E-state index contributed by atoms with van der Waals surface area (Å²) in [5, 5.41) is 6.71. The van der Waals surface area contributed by atoms with Crippen molar-refractivity contribution in [1.29, 1.82) is 0 Å². The molecule has 1 N–H and O–H groups in total.